The topological polar surface area (TPSA) is 194 Å². The third-order valence-corrected chi connectivity index (χ3v) is 5.27. The molecule has 1 rings (SSSR count). The van der Waals surface area contributed by atoms with Gasteiger partial charge in [-0.2, -0.15) is 0 Å². The standard InChI is InChI=1S/C25H38N4O8/c1-25(2,3)14-16-7-9-17(10-8-16)15-27-23(36)26-13-5-4-6-18(21(32)33)28-24(37)29-19(22(34)35)11-12-20(30)31/h7-10,18-19H,4-6,11-15H2,1-3H3,(H,30,31)(H,32,33)(H,34,35)(H2,26,27,36)(H2,28,29,37)/t18-,19-/m0/s1. The van der Waals surface area contributed by atoms with Crippen molar-refractivity contribution in [3.05, 3.63) is 35.4 Å². The lowest BCUT2D eigenvalue weighted by molar-refractivity contribution is -0.140. The van der Waals surface area contributed by atoms with E-state index in [1.807, 2.05) is 24.3 Å². The molecule has 0 aromatic heterocycles. The van der Waals surface area contributed by atoms with Crippen LogP contribution < -0.4 is 21.3 Å². The SMILES string of the molecule is CC(C)(C)Cc1ccc(CNC(=O)NCCCC[C@H](NC(=O)N[C@@H](CCC(=O)O)C(=O)O)C(=O)O)cc1. The molecular formula is C25H38N4O8. The molecule has 12 heteroatoms. The summed E-state index contributed by atoms with van der Waals surface area (Å²) < 4.78 is 0. The highest BCUT2D eigenvalue weighted by molar-refractivity contribution is 5.86. The van der Waals surface area contributed by atoms with E-state index in [2.05, 4.69) is 42.0 Å². The van der Waals surface area contributed by atoms with Crippen LogP contribution in [0.4, 0.5) is 9.59 Å². The third-order valence-electron chi connectivity index (χ3n) is 5.27. The fraction of sp³-hybridized carbons (Fsp3) is 0.560. The molecule has 12 nitrogen and oxygen atoms in total. The number of hydrogen-bond acceptors (Lipinski definition) is 5. The molecule has 0 aliphatic rings. The zero-order valence-corrected chi connectivity index (χ0v) is 21.5. The Morgan fingerprint density at radius 1 is 0.757 bits per heavy atom. The molecule has 0 bridgehead atoms. The van der Waals surface area contributed by atoms with Crippen molar-refractivity contribution in [2.45, 2.75) is 77.9 Å². The average Bonchev–Trinajstić information content (AvgIpc) is 2.78. The van der Waals surface area contributed by atoms with Crippen molar-refractivity contribution in [1.29, 1.82) is 0 Å². The van der Waals surface area contributed by atoms with Crippen molar-refractivity contribution in [2.75, 3.05) is 6.54 Å². The maximum Gasteiger partial charge on any atom is 0.326 e. The predicted octanol–water partition coefficient (Wildman–Crippen LogP) is 2.32. The molecule has 7 N–H and O–H groups in total. The van der Waals surface area contributed by atoms with E-state index in [9.17, 15) is 29.1 Å². The van der Waals surface area contributed by atoms with Gasteiger partial charge in [-0.3, -0.25) is 4.79 Å². The normalized spacial score (nSPS) is 12.6. The van der Waals surface area contributed by atoms with E-state index in [0.29, 0.717) is 25.9 Å². The highest BCUT2D eigenvalue weighted by Crippen LogP contribution is 2.20. The van der Waals surface area contributed by atoms with Crippen molar-refractivity contribution >= 4 is 30.0 Å². The summed E-state index contributed by atoms with van der Waals surface area (Å²) >= 11 is 0. The maximum atomic E-state index is 12.0. The number of aliphatic carboxylic acids is 3. The zero-order valence-electron chi connectivity index (χ0n) is 21.5. The first kappa shape index (κ1) is 31.2. The lowest BCUT2D eigenvalue weighted by atomic mass is 9.88. The minimum atomic E-state index is -1.46. The molecule has 0 saturated carbocycles. The summed E-state index contributed by atoms with van der Waals surface area (Å²) in [5, 5.41) is 36.8. The van der Waals surface area contributed by atoms with E-state index in [1.165, 1.54) is 5.56 Å². The number of amides is 4. The van der Waals surface area contributed by atoms with Crippen LogP contribution in [0.15, 0.2) is 24.3 Å². The second-order valence-electron chi connectivity index (χ2n) is 9.99. The van der Waals surface area contributed by atoms with Crippen LogP contribution in [0, 0.1) is 5.41 Å². The van der Waals surface area contributed by atoms with Gasteiger partial charge in [-0.25, -0.2) is 19.2 Å². The molecule has 0 radical (unpaired) electrons. The van der Waals surface area contributed by atoms with Crippen LogP contribution in [0.5, 0.6) is 0 Å². The number of carbonyl (C=O) groups excluding carboxylic acids is 2. The van der Waals surface area contributed by atoms with Gasteiger partial charge < -0.3 is 36.6 Å². The molecule has 206 valence electrons. The van der Waals surface area contributed by atoms with Crippen molar-refractivity contribution in [2.24, 2.45) is 5.41 Å². The van der Waals surface area contributed by atoms with Gasteiger partial charge in [-0.05, 0) is 48.6 Å². The van der Waals surface area contributed by atoms with Gasteiger partial charge in [0.2, 0.25) is 0 Å². The van der Waals surface area contributed by atoms with E-state index in [4.69, 9.17) is 10.2 Å². The molecule has 0 unspecified atom stereocenters. The fourth-order valence-corrected chi connectivity index (χ4v) is 3.45. The minimum absolute atomic E-state index is 0.0554. The molecule has 1 aromatic carbocycles. The molecule has 0 fully saturated rings. The van der Waals surface area contributed by atoms with Crippen LogP contribution in [0.3, 0.4) is 0 Å². The molecule has 0 aliphatic heterocycles. The molecule has 1 aromatic rings. The Balaban J connectivity index is 2.34. The van der Waals surface area contributed by atoms with E-state index in [-0.39, 0.29) is 24.3 Å². The van der Waals surface area contributed by atoms with Crippen LogP contribution in [-0.2, 0) is 27.3 Å². The highest BCUT2D eigenvalue weighted by atomic mass is 16.4. The van der Waals surface area contributed by atoms with Gasteiger partial charge >= 0.3 is 30.0 Å². The predicted molar refractivity (Wildman–Crippen MR) is 135 cm³/mol. The zero-order chi connectivity index (χ0) is 28.0. The number of benzene rings is 1. The second kappa shape index (κ2) is 15.3. The number of carbonyl (C=O) groups is 5. The summed E-state index contributed by atoms with van der Waals surface area (Å²) in [4.78, 5) is 57.2. The molecular weight excluding hydrogens is 484 g/mol. The summed E-state index contributed by atoms with van der Waals surface area (Å²) in [5.41, 5.74) is 2.39. The van der Waals surface area contributed by atoms with Gasteiger partial charge in [0, 0.05) is 19.5 Å². The number of hydrogen-bond donors (Lipinski definition) is 7. The number of urea groups is 2. The van der Waals surface area contributed by atoms with Gasteiger partial charge in [0.05, 0.1) is 0 Å². The van der Waals surface area contributed by atoms with Gasteiger partial charge in [-0.15, -0.1) is 0 Å². The average molecular weight is 523 g/mol. The van der Waals surface area contributed by atoms with Crippen LogP contribution >= 0.6 is 0 Å². The van der Waals surface area contributed by atoms with Crippen LogP contribution in [-0.4, -0.2) is 63.9 Å². The van der Waals surface area contributed by atoms with Crippen LogP contribution in [0.1, 0.15) is 64.0 Å². The summed E-state index contributed by atoms with van der Waals surface area (Å²) in [6.45, 7) is 7.18. The Labute approximate surface area is 216 Å². The number of carboxylic acids is 3. The molecule has 2 atom stereocenters. The van der Waals surface area contributed by atoms with Crippen LogP contribution in [0.2, 0.25) is 0 Å². The molecule has 0 aliphatic carbocycles. The van der Waals surface area contributed by atoms with E-state index >= 15 is 0 Å². The largest absolute Gasteiger partial charge is 0.481 e. The smallest absolute Gasteiger partial charge is 0.326 e. The fourth-order valence-electron chi connectivity index (χ4n) is 3.45. The molecule has 0 saturated heterocycles. The monoisotopic (exact) mass is 522 g/mol. The Bertz CT molecular complexity index is 928. The number of nitrogens with one attached hydrogen (secondary N) is 4. The van der Waals surface area contributed by atoms with Gasteiger partial charge in [-0.1, -0.05) is 45.0 Å². The molecule has 0 spiro atoms. The Hall–Kier alpha value is -3.83. The van der Waals surface area contributed by atoms with Gasteiger partial charge in [0.25, 0.3) is 0 Å². The van der Waals surface area contributed by atoms with Gasteiger partial charge in [0.1, 0.15) is 12.1 Å². The molecule has 37 heavy (non-hydrogen) atoms. The first-order valence-electron chi connectivity index (χ1n) is 12.1. The first-order valence-corrected chi connectivity index (χ1v) is 12.1. The number of carboxylic acid groups (broad SMARTS) is 3. The van der Waals surface area contributed by atoms with Crippen molar-refractivity contribution in [3.8, 4) is 0 Å². The second-order valence-corrected chi connectivity index (χ2v) is 9.99. The van der Waals surface area contributed by atoms with E-state index in [1.54, 1.807) is 0 Å². The minimum Gasteiger partial charge on any atom is -0.481 e. The molecule has 0 heterocycles. The quantitative estimate of drug-likeness (QED) is 0.170. The van der Waals surface area contributed by atoms with Crippen molar-refractivity contribution in [1.82, 2.24) is 21.3 Å². The molecule has 4 amide bonds. The van der Waals surface area contributed by atoms with E-state index in [0.717, 1.165) is 12.0 Å². The summed E-state index contributed by atoms with van der Waals surface area (Å²) in [6, 6.07) is 3.93. The summed E-state index contributed by atoms with van der Waals surface area (Å²) in [6.07, 6.45) is 1.03. The van der Waals surface area contributed by atoms with Crippen molar-refractivity contribution in [3.63, 3.8) is 0 Å². The first-order chi connectivity index (χ1) is 17.3. The Kier molecular flexibility index (Phi) is 12.9. The number of rotatable bonds is 15. The Morgan fingerprint density at radius 3 is 1.81 bits per heavy atom. The van der Waals surface area contributed by atoms with Crippen LogP contribution in [0.25, 0.3) is 0 Å². The lowest BCUT2D eigenvalue weighted by Gasteiger charge is -2.18. The van der Waals surface area contributed by atoms with Gasteiger partial charge in [0.15, 0.2) is 0 Å². The summed E-state index contributed by atoms with van der Waals surface area (Å²) in [5.74, 6) is -3.94. The van der Waals surface area contributed by atoms with E-state index < -0.39 is 42.4 Å². The third kappa shape index (κ3) is 14.4. The summed E-state index contributed by atoms with van der Waals surface area (Å²) in [7, 11) is 0. The maximum absolute atomic E-state index is 12.0. The highest BCUT2D eigenvalue weighted by Gasteiger charge is 2.24. The lowest BCUT2D eigenvalue weighted by Crippen LogP contribution is -2.51. The number of unbranched alkanes of at least 4 members (excludes halogenated alkanes) is 1. The Morgan fingerprint density at radius 2 is 1.30 bits per heavy atom. The van der Waals surface area contributed by atoms with Crippen molar-refractivity contribution < 1.29 is 39.3 Å².